The largest absolute Gasteiger partial charge is 0.340 e. The maximum Gasteiger partial charge on any atom is 0.167 e. The van der Waals surface area contributed by atoms with Crippen molar-refractivity contribution < 1.29 is 4.79 Å². The molecule has 0 aliphatic heterocycles. The van der Waals surface area contributed by atoms with E-state index in [1.807, 2.05) is 25.1 Å². The number of aryl methyl sites for hydroxylation is 1. The average molecular weight is 235 g/mol. The van der Waals surface area contributed by atoms with Gasteiger partial charge in [-0.2, -0.15) is 0 Å². The number of aldehydes is 1. The molecule has 0 saturated heterocycles. The third-order valence-electron chi connectivity index (χ3n) is 2.47. The predicted octanol–water partition coefficient (Wildman–Crippen LogP) is 2.77. The summed E-state index contributed by atoms with van der Waals surface area (Å²) in [5, 5.41) is 0.726. The molecule has 0 saturated carbocycles. The zero-order chi connectivity index (χ0) is 11.5. The smallest absolute Gasteiger partial charge is 0.167 e. The summed E-state index contributed by atoms with van der Waals surface area (Å²) < 4.78 is 0. The van der Waals surface area contributed by atoms with Crippen LogP contribution >= 0.6 is 11.6 Å². The van der Waals surface area contributed by atoms with E-state index in [9.17, 15) is 4.79 Å². The molecule has 82 valence electrons. The number of carbonyl (C=O) groups excluding carboxylic acids is 1. The van der Waals surface area contributed by atoms with Gasteiger partial charge in [-0.05, 0) is 24.1 Å². The van der Waals surface area contributed by atoms with Crippen LogP contribution in [0.3, 0.4) is 0 Å². The average Bonchev–Trinajstić information content (AvgIpc) is 2.71. The Bertz CT molecular complexity index is 499. The van der Waals surface area contributed by atoms with Crippen LogP contribution in [0.25, 0.3) is 0 Å². The lowest BCUT2D eigenvalue weighted by molar-refractivity contribution is 0.111. The van der Waals surface area contributed by atoms with Crippen molar-refractivity contribution in [3.8, 4) is 0 Å². The second-order valence-electron chi connectivity index (χ2n) is 3.62. The molecule has 0 amide bonds. The minimum Gasteiger partial charge on any atom is -0.340 e. The Morgan fingerprint density at radius 2 is 2.31 bits per heavy atom. The Balaban J connectivity index is 2.29. The fraction of sp³-hybridized carbons (Fsp3) is 0.167. The SMILES string of the molecule is Cc1cccc(Cl)c1Cc1ncc(C=O)[nH]1. The van der Waals surface area contributed by atoms with Crippen molar-refractivity contribution in [1.29, 1.82) is 0 Å². The molecule has 0 radical (unpaired) electrons. The first-order valence-corrected chi connectivity index (χ1v) is 5.31. The lowest BCUT2D eigenvalue weighted by Gasteiger charge is -2.05. The molecular formula is C12H11ClN2O. The van der Waals surface area contributed by atoms with Gasteiger partial charge in [0, 0.05) is 11.4 Å². The second-order valence-corrected chi connectivity index (χ2v) is 4.02. The van der Waals surface area contributed by atoms with Crippen LogP contribution in [0.1, 0.15) is 27.4 Å². The molecule has 4 heteroatoms. The van der Waals surface area contributed by atoms with Crippen molar-refractivity contribution in [2.24, 2.45) is 0 Å². The molecule has 0 unspecified atom stereocenters. The molecule has 2 aromatic rings. The number of imidazole rings is 1. The lowest BCUT2D eigenvalue weighted by atomic mass is 10.1. The highest BCUT2D eigenvalue weighted by Gasteiger charge is 2.07. The molecule has 1 aromatic heterocycles. The summed E-state index contributed by atoms with van der Waals surface area (Å²) in [5.74, 6) is 0.748. The first-order chi connectivity index (χ1) is 7.70. The van der Waals surface area contributed by atoms with E-state index in [2.05, 4.69) is 9.97 Å². The van der Waals surface area contributed by atoms with Gasteiger partial charge in [0.15, 0.2) is 6.29 Å². The molecule has 0 atom stereocenters. The number of nitrogens with one attached hydrogen (secondary N) is 1. The van der Waals surface area contributed by atoms with Crippen molar-refractivity contribution >= 4 is 17.9 Å². The zero-order valence-corrected chi connectivity index (χ0v) is 9.58. The van der Waals surface area contributed by atoms with Crippen molar-refractivity contribution in [2.45, 2.75) is 13.3 Å². The van der Waals surface area contributed by atoms with Crippen LogP contribution in [0.15, 0.2) is 24.4 Å². The van der Waals surface area contributed by atoms with E-state index in [4.69, 9.17) is 11.6 Å². The van der Waals surface area contributed by atoms with Gasteiger partial charge in [0.25, 0.3) is 0 Å². The van der Waals surface area contributed by atoms with Gasteiger partial charge < -0.3 is 4.98 Å². The maximum absolute atomic E-state index is 10.5. The van der Waals surface area contributed by atoms with Crippen LogP contribution in [-0.4, -0.2) is 16.3 Å². The number of carbonyl (C=O) groups is 1. The number of halogens is 1. The standard InChI is InChI=1S/C12H11ClN2O/c1-8-3-2-4-11(13)10(8)5-12-14-6-9(7-16)15-12/h2-4,6-7H,5H2,1H3,(H,14,15). The maximum atomic E-state index is 10.5. The molecular weight excluding hydrogens is 224 g/mol. The molecule has 3 nitrogen and oxygen atoms in total. The fourth-order valence-electron chi connectivity index (χ4n) is 1.59. The molecule has 0 spiro atoms. The minimum absolute atomic E-state index is 0.486. The summed E-state index contributed by atoms with van der Waals surface area (Å²) in [4.78, 5) is 17.6. The summed E-state index contributed by atoms with van der Waals surface area (Å²) in [6.45, 7) is 2.00. The number of benzene rings is 1. The highest BCUT2D eigenvalue weighted by Crippen LogP contribution is 2.21. The number of nitrogens with zero attached hydrogens (tertiary/aromatic N) is 1. The van der Waals surface area contributed by atoms with Crippen molar-refractivity contribution in [3.05, 3.63) is 52.1 Å². The third-order valence-corrected chi connectivity index (χ3v) is 2.83. The van der Waals surface area contributed by atoms with Gasteiger partial charge in [-0.15, -0.1) is 0 Å². The minimum atomic E-state index is 0.486. The van der Waals surface area contributed by atoms with Crippen molar-refractivity contribution in [3.63, 3.8) is 0 Å². The highest BCUT2D eigenvalue weighted by atomic mass is 35.5. The molecule has 1 aromatic carbocycles. The van der Waals surface area contributed by atoms with Crippen LogP contribution in [0.5, 0.6) is 0 Å². The number of hydrogen-bond donors (Lipinski definition) is 1. The molecule has 0 bridgehead atoms. The Hall–Kier alpha value is -1.61. The fourth-order valence-corrected chi connectivity index (χ4v) is 1.87. The number of aromatic nitrogens is 2. The van der Waals surface area contributed by atoms with Gasteiger partial charge in [0.1, 0.15) is 5.82 Å². The summed E-state index contributed by atoms with van der Waals surface area (Å²) in [7, 11) is 0. The first kappa shape index (κ1) is 10.9. The zero-order valence-electron chi connectivity index (χ0n) is 8.83. The molecule has 0 fully saturated rings. The summed E-state index contributed by atoms with van der Waals surface area (Å²) in [6.07, 6.45) is 2.88. The monoisotopic (exact) mass is 234 g/mol. The molecule has 16 heavy (non-hydrogen) atoms. The molecule has 0 aliphatic rings. The van der Waals surface area contributed by atoms with E-state index in [1.54, 1.807) is 0 Å². The highest BCUT2D eigenvalue weighted by molar-refractivity contribution is 6.31. The molecule has 1 N–H and O–H groups in total. The van der Waals surface area contributed by atoms with Gasteiger partial charge in [-0.25, -0.2) is 4.98 Å². The Kier molecular flexibility index (Phi) is 3.06. The number of rotatable bonds is 3. The summed E-state index contributed by atoms with van der Waals surface area (Å²) >= 11 is 6.11. The van der Waals surface area contributed by atoms with Crippen LogP contribution in [-0.2, 0) is 6.42 Å². The van der Waals surface area contributed by atoms with Gasteiger partial charge in [0.2, 0.25) is 0 Å². The van der Waals surface area contributed by atoms with E-state index in [1.165, 1.54) is 6.20 Å². The lowest BCUT2D eigenvalue weighted by Crippen LogP contribution is -1.95. The quantitative estimate of drug-likeness (QED) is 0.830. The van der Waals surface area contributed by atoms with Gasteiger partial charge in [0.05, 0.1) is 11.9 Å². The van der Waals surface area contributed by atoms with E-state index < -0.39 is 0 Å². The van der Waals surface area contributed by atoms with Crippen LogP contribution < -0.4 is 0 Å². The Labute approximate surface area is 98.5 Å². The molecule has 0 aliphatic carbocycles. The van der Waals surface area contributed by atoms with Crippen LogP contribution in [0.2, 0.25) is 5.02 Å². The van der Waals surface area contributed by atoms with E-state index >= 15 is 0 Å². The number of H-pyrrole nitrogens is 1. The Morgan fingerprint density at radius 3 is 2.94 bits per heavy atom. The normalized spacial score (nSPS) is 10.4. The second kappa shape index (κ2) is 4.49. The number of hydrogen-bond acceptors (Lipinski definition) is 2. The predicted molar refractivity (Wildman–Crippen MR) is 63.0 cm³/mol. The molecule has 2 rings (SSSR count). The first-order valence-electron chi connectivity index (χ1n) is 4.93. The summed E-state index contributed by atoms with van der Waals surface area (Å²) in [6, 6.07) is 5.78. The Morgan fingerprint density at radius 1 is 1.50 bits per heavy atom. The van der Waals surface area contributed by atoms with E-state index in [0.29, 0.717) is 12.1 Å². The van der Waals surface area contributed by atoms with Gasteiger partial charge in [-0.1, -0.05) is 23.7 Å². The number of aromatic amines is 1. The molecule has 1 heterocycles. The summed E-state index contributed by atoms with van der Waals surface area (Å²) in [5.41, 5.74) is 2.65. The van der Waals surface area contributed by atoms with Crippen LogP contribution in [0, 0.1) is 6.92 Å². The van der Waals surface area contributed by atoms with E-state index in [0.717, 1.165) is 28.3 Å². The topological polar surface area (TPSA) is 45.8 Å². The van der Waals surface area contributed by atoms with E-state index in [-0.39, 0.29) is 0 Å². The van der Waals surface area contributed by atoms with Crippen molar-refractivity contribution in [2.75, 3.05) is 0 Å². The third kappa shape index (κ3) is 2.14. The van der Waals surface area contributed by atoms with Gasteiger partial charge in [-0.3, -0.25) is 4.79 Å². The van der Waals surface area contributed by atoms with Gasteiger partial charge >= 0.3 is 0 Å². The van der Waals surface area contributed by atoms with Crippen molar-refractivity contribution in [1.82, 2.24) is 9.97 Å². The van der Waals surface area contributed by atoms with Crippen LogP contribution in [0.4, 0.5) is 0 Å².